The summed E-state index contributed by atoms with van der Waals surface area (Å²) in [4.78, 5) is 13.5. The van der Waals surface area contributed by atoms with E-state index >= 15 is 0 Å². The molecule has 1 rings (SSSR count). The van der Waals surface area contributed by atoms with Crippen LogP contribution in [0.1, 0.15) is 34.1 Å². The van der Waals surface area contributed by atoms with Crippen molar-refractivity contribution >= 4 is 5.91 Å². The first-order valence-corrected chi connectivity index (χ1v) is 5.59. The lowest BCUT2D eigenvalue weighted by molar-refractivity contribution is -0.159. The third-order valence-corrected chi connectivity index (χ3v) is 3.14. The Bertz CT molecular complexity index is 275. The number of likely N-dealkylation sites (tertiary alicyclic amines) is 1. The molecule has 0 unspecified atom stereocenters. The molecule has 1 fully saturated rings. The molecule has 0 aromatic heterocycles. The summed E-state index contributed by atoms with van der Waals surface area (Å²) >= 11 is 0. The molecule has 1 aliphatic heterocycles. The fourth-order valence-corrected chi connectivity index (χ4v) is 1.77. The topological polar surface area (TPSA) is 40.5 Å². The lowest BCUT2D eigenvalue weighted by atomic mass is 9.82. The number of rotatable bonds is 3. The van der Waals surface area contributed by atoms with Gasteiger partial charge in [-0.25, -0.2) is 0 Å². The molecule has 1 aliphatic rings. The van der Waals surface area contributed by atoms with Gasteiger partial charge in [0.1, 0.15) is 5.60 Å². The van der Waals surface area contributed by atoms with Crippen LogP contribution in [0.25, 0.3) is 0 Å². The van der Waals surface area contributed by atoms with Gasteiger partial charge in [0.25, 0.3) is 0 Å². The van der Waals surface area contributed by atoms with E-state index in [1.54, 1.807) is 4.90 Å². The molecular weight excluding hydrogens is 190 g/mol. The molecule has 15 heavy (non-hydrogen) atoms. The van der Waals surface area contributed by atoms with Crippen molar-refractivity contribution in [3.05, 3.63) is 11.6 Å². The Morgan fingerprint density at radius 2 is 2.07 bits per heavy atom. The van der Waals surface area contributed by atoms with Crippen molar-refractivity contribution in [2.75, 3.05) is 13.1 Å². The number of hydrogen-bond acceptors (Lipinski definition) is 2. The highest BCUT2D eigenvalue weighted by atomic mass is 16.3. The smallest absolute Gasteiger partial charge is 0.249 e. The maximum absolute atomic E-state index is 11.8. The van der Waals surface area contributed by atoms with Crippen molar-refractivity contribution in [2.24, 2.45) is 5.92 Å². The third kappa shape index (κ3) is 2.40. The van der Waals surface area contributed by atoms with Crippen molar-refractivity contribution in [1.29, 1.82) is 0 Å². The summed E-state index contributed by atoms with van der Waals surface area (Å²) in [5.74, 6) is 0.263. The van der Waals surface area contributed by atoms with Crippen LogP contribution in [-0.4, -0.2) is 34.6 Å². The van der Waals surface area contributed by atoms with Crippen LogP contribution < -0.4 is 0 Å². The predicted molar refractivity (Wildman–Crippen MR) is 60.4 cm³/mol. The first-order valence-electron chi connectivity index (χ1n) is 5.59. The first-order chi connectivity index (χ1) is 6.90. The molecular formula is C12H21NO2. The average Bonchev–Trinajstić information content (AvgIpc) is 2.11. The summed E-state index contributed by atoms with van der Waals surface area (Å²) in [5.41, 5.74) is 0.116. The molecule has 0 bridgehead atoms. The maximum Gasteiger partial charge on any atom is 0.249 e. The Morgan fingerprint density at radius 1 is 1.53 bits per heavy atom. The third-order valence-electron chi connectivity index (χ3n) is 3.14. The summed E-state index contributed by atoms with van der Waals surface area (Å²) in [7, 11) is 0. The van der Waals surface area contributed by atoms with Crippen molar-refractivity contribution in [1.82, 2.24) is 4.90 Å². The highest BCUT2D eigenvalue weighted by Gasteiger charge is 2.45. The van der Waals surface area contributed by atoms with E-state index in [4.69, 9.17) is 0 Å². The highest BCUT2D eigenvalue weighted by molar-refractivity contribution is 5.93. The molecule has 3 heteroatoms. The molecule has 0 radical (unpaired) electrons. The second-order valence-corrected chi connectivity index (χ2v) is 4.71. The van der Waals surface area contributed by atoms with Crippen molar-refractivity contribution in [2.45, 2.75) is 39.7 Å². The Kier molecular flexibility index (Phi) is 3.55. The lowest BCUT2D eigenvalue weighted by Crippen LogP contribution is -2.66. The highest BCUT2D eigenvalue weighted by Crippen LogP contribution is 2.29. The van der Waals surface area contributed by atoms with E-state index in [1.807, 2.05) is 33.8 Å². The normalized spacial score (nSPS) is 20.4. The Morgan fingerprint density at radius 3 is 2.47 bits per heavy atom. The molecule has 1 heterocycles. The van der Waals surface area contributed by atoms with Crippen LogP contribution >= 0.6 is 0 Å². The van der Waals surface area contributed by atoms with E-state index in [2.05, 4.69) is 0 Å². The maximum atomic E-state index is 11.8. The second-order valence-electron chi connectivity index (χ2n) is 4.71. The van der Waals surface area contributed by atoms with Crippen molar-refractivity contribution in [3.8, 4) is 0 Å². The van der Waals surface area contributed by atoms with Gasteiger partial charge in [-0.1, -0.05) is 26.8 Å². The van der Waals surface area contributed by atoms with E-state index < -0.39 is 5.60 Å². The summed E-state index contributed by atoms with van der Waals surface area (Å²) in [6, 6.07) is 0. The van der Waals surface area contributed by atoms with Gasteiger partial charge < -0.3 is 10.0 Å². The van der Waals surface area contributed by atoms with Crippen LogP contribution in [0.3, 0.4) is 0 Å². The van der Waals surface area contributed by atoms with Gasteiger partial charge in [0, 0.05) is 5.57 Å². The summed E-state index contributed by atoms with van der Waals surface area (Å²) in [5, 5.41) is 10.0. The SMILES string of the molecule is CCC=C(C)C(=O)N1CC(O)(C(C)C)C1. The molecule has 0 saturated carbocycles. The molecule has 0 spiro atoms. The van der Waals surface area contributed by atoms with Crippen LogP contribution in [0.2, 0.25) is 0 Å². The molecule has 1 amide bonds. The fraction of sp³-hybridized carbons (Fsp3) is 0.750. The van der Waals surface area contributed by atoms with Gasteiger partial charge in [-0.15, -0.1) is 0 Å². The Hall–Kier alpha value is -0.830. The van der Waals surface area contributed by atoms with E-state index in [0.29, 0.717) is 13.1 Å². The Labute approximate surface area is 91.8 Å². The van der Waals surface area contributed by atoms with Gasteiger partial charge in [0.2, 0.25) is 5.91 Å². The number of aliphatic hydroxyl groups is 1. The monoisotopic (exact) mass is 211 g/mol. The molecule has 1 saturated heterocycles. The molecule has 3 nitrogen and oxygen atoms in total. The standard InChI is InChI=1S/C12H21NO2/c1-5-6-10(4)11(14)13-7-12(15,8-13)9(2)3/h6,9,15H,5,7-8H2,1-4H3. The summed E-state index contributed by atoms with van der Waals surface area (Å²) in [6.45, 7) is 8.75. The zero-order chi connectivity index (χ0) is 11.6. The number of allylic oxidation sites excluding steroid dienone is 1. The lowest BCUT2D eigenvalue weighted by Gasteiger charge is -2.49. The number of carbonyl (C=O) groups is 1. The molecule has 0 aromatic carbocycles. The van der Waals surface area contributed by atoms with Crippen molar-refractivity contribution < 1.29 is 9.90 Å². The molecule has 0 atom stereocenters. The van der Waals surface area contributed by atoms with Gasteiger partial charge >= 0.3 is 0 Å². The molecule has 0 aromatic rings. The molecule has 86 valence electrons. The number of amides is 1. The van der Waals surface area contributed by atoms with Crippen molar-refractivity contribution in [3.63, 3.8) is 0 Å². The number of carbonyl (C=O) groups excluding carboxylic acids is 1. The summed E-state index contributed by atoms with van der Waals surface area (Å²) < 4.78 is 0. The Balaban J connectivity index is 2.52. The molecule has 1 N–H and O–H groups in total. The van der Waals surface area contributed by atoms with Crippen LogP contribution in [0.5, 0.6) is 0 Å². The van der Waals surface area contributed by atoms with Gasteiger partial charge in [-0.05, 0) is 19.3 Å². The zero-order valence-corrected chi connectivity index (χ0v) is 10.1. The minimum absolute atomic E-state index is 0.0576. The van der Waals surface area contributed by atoms with Gasteiger partial charge in [-0.2, -0.15) is 0 Å². The number of β-amino-alcohol motifs (C(OH)–C–C–N with tert-alkyl or cyclic N) is 1. The fourth-order valence-electron chi connectivity index (χ4n) is 1.77. The first kappa shape index (κ1) is 12.2. The minimum atomic E-state index is -0.665. The van der Waals surface area contributed by atoms with Crippen LogP contribution in [0.4, 0.5) is 0 Å². The van der Waals surface area contributed by atoms with Gasteiger partial charge in [0.05, 0.1) is 13.1 Å². The number of hydrogen-bond donors (Lipinski definition) is 1. The van der Waals surface area contributed by atoms with E-state index in [0.717, 1.165) is 12.0 Å². The van der Waals surface area contributed by atoms with Crippen LogP contribution in [0, 0.1) is 5.92 Å². The van der Waals surface area contributed by atoms with Crippen LogP contribution in [0.15, 0.2) is 11.6 Å². The number of nitrogens with zero attached hydrogens (tertiary/aromatic N) is 1. The predicted octanol–water partition coefficient (Wildman–Crippen LogP) is 1.57. The van der Waals surface area contributed by atoms with Gasteiger partial charge in [-0.3, -0.25) is 4.79 Å². The molecule has 0 aliphatic carbocycles. The van der Waals surface area contributed by atoms with E-state index in [1.165, 1.54) is 0 Å². The second kappa shape index (κ2) is 4.35. The average molecular weight is 211 g/mol. The minimum Gasteiger partial charge on any atom is -0.386 e. The van der Waals surface area contributed by atoms with E-state index in [9.17, 15) is 9.90 Å². The van der Waals surface area contributed by atoms with Crippen LogP contribution in [-0.2, 0) is 4.79 Å². The zero-order valence-electron chi connectivity index (χ0n) is 10.1. The largest absolute Gasteiger partial charge is 0.386 e. The van der Waals surface area contributed by atoms with E-state index in [-0.39, 0.29) is 11.8 Å². The quantitative estimate of drug-likeness (QED) is 0.720. The van der Waals surface area contributed by atoms with Gasteiger partial charge in [0.15, 0.2) is 0 Å². The summed E-state index contributed by atoms with van der Waals surface area (Å²) in [6.07, 6.45) is 2.80.